The minimum Gasteiger partial charge on any atom is -0.370 e. The number of carbonyl (C=O) groups is 1. The first-order valence-electron chi connectivity index (χ1n) is 11.3. The number of carbonyl (C=O) groups excluding carboxylic acids is 1. The fraction of sp³-hybridized carbons (Fsp3) is 0.231. The fourth-order valence-electron chi connectivity index (χ4n) is 4.18. The van der Waals surface area contributed by atoms with E-state index in [0.29, 0.717) is 45.9 Å². The number of hydrogen-bond acceptors (Lipinski definition) is 7. The van der Waals surface area contributed by atoms with E-state index in [4.69, 9.17) is 16.3 Å². The highest BCUT2D eigenvalue weighted by molar-refractivity contribution is 7.99. The van der Waals surface area contributed by atoms with Crippen molar-refractivity contribution in [2.24, 2.45) is 0 Å². The molecular weight excluding hydrogens is 496 g/mol. The van der Waals surface area contributed by atoms with Crippen LogP contribution in [0.3, 0.4) is 0 Å². The lowest BCUT2D eigenvalue weighted by molar-refractivity contribution is -0.113. The van der Waals surface area contributed by atoms with E-state index in [0.717, 1.165) is 16.8 Å². The van der Waals surface area contributed by atoms with Crippen LogP contribution in [0.15, 0.2) is 59.8 Å². The molecule has 2 N–H and O–H groups in total. The number of nitrogens with one attached hydrogen (secondary N) is 2. The number of nitrogens with zero attached hydrogens (tertiary/aromatic N) is 4. The zero-order valence-electron chi connectivity index (χ0n) is 19.7. The highest BCUT2D eigenvalue weighted by atomic mass is 35.5. The molecule has 0 bridgehead atoms. The summed E-state index contributed by atoms with van der Waals surface area (Å²) in [4.78, 5) is 12.6. The van der Waals surface area contributed by atoms with Gasteiger partial charge in [0.1, 0.15) is 11.9 Å². The second-order valence-electron chi connectivity index (χ2n) is 9.00. The van der Waals surface area contributed by atoms with Crippen LogP contribution in [0.1, 0.15) is 30.5 Å². The third-order valence-corrected chi connectivity index (χ3v) is 6.99. The lowest BCUT2D eigenvalue weighted by Gasteiger charge is -2.33. The van der Waals surface area contributed by atoms with E-state index in [2.05, 4.69) is 26.9 Å². The Morgan fingerprint density at radius 1 is 1.17 bits per heavy atom. The van der Waals surface area contributed by atoms with E-state index in [9.17, 15) is 10.1 Å². The minimum atomic E-state index is -0.406. The lowest BCUT2D eigenvalue weighted by atomic mass is 9.89. The summed E-state index contributed by atoms with van der Waals surface area (Å²) in [7, 11) is 0. The van der Waals surface area contributed by atoms with E-state index in [1.165, 1.54) is 11.8 Å². The molecule has 1 amide bonds. The number of para-hydroxylation sites is 1. The monoisotopic (exact) mass is 518 g/mol. The largest absolute Gasteiger partial charge is 0.370 e. The van der Waals surface area contributed by atoms with Crippen molar-refractivity contribution >= 4 is 52.1 Å². The Morgan fingerprint density at radius 2 is 1.94 bits per heavy atom. The van der Waals surface area contributed by atoms with Crippen LogP contribution < -0.4 is 10.6 Å². The number of pyridine rings is 1. The van der Waals surface area contributed by atoms with Gasteiger partial charge < -0.3 is 15.4 Å². The molecule has 182 valence electrons. The number of rotatable bonds is 6. The molecule has 1 aliphatic heterocycles. The highest BCUT2D eigenvalue weighted by Crippen LogP contribution is 2.38. The van der Waals surface area contributed by atoms with Crippen molar-refractivity contribution in [2.45, 2.75) is 37.6 Å². The van der Waals surface area contributed by atoms with Gasteiger partial charge in [-0.05, 0) is 49.7 Å². The van der Waals surface area contributed by atoms with Gasteiger partial charge in [-0.3, -0.25) is 9.20 Å². The summed E-state index contributed by atoms with van der Waals surface area (Å²) in [6.45, 7) is 4.34. The molecule has 2 aromatic carbocycles. The molecule has 0 fully saturated rings. The summed E-state index contributed by atoms with van der Waals surface area (Å²) in [5.41, 5.74) is 3.90. The second-order valence-corrected chi connectivity index (χ2v) is 10.4. The van der Waals surface area contributed by atoms with Gasteiger partial charge >= 0.3 is 0 Å². The molecule has 0 aliphatic carbocycles. The Morgan fingerprint density at radius 3 is 2.69 bits per heavy atom. The number of hydrogen-bond donors (Lipinski definition) is 2. The first-order valence-corrected chi connectivity index (χ1v) is 12.7. The normalized spacial score (nSPS) is 14.2. The average Bonchev–Trinajstić information content (AvgIpc) is 3.27. The van der Waals surface area contributed by atoms with E-state index in [-0.39, 0.29) is 11.7 Å². The van der Waals surface area contributed by atoms with E-state index >= 15 is 0 Å². The number of halogens is 1. The molecule has 36 heavy (non-hydrogen) atoms. The molecule has 0 spiro atoms. The Balaban J connectivity index is 1.54. The summed E-state index contributed by atoms with van der Waals surface area (Å²) in [6, 6.07) is 19.0. The molecule has 0 radical (unpaired) electrons. The van der Waals surface area contributed by atoms with Crippen LogP contribution >= 0.6 is 23.4 Å². The van der Waals surface area contributed by atoms with E-state index in [1.807, 2.05) is 48.6 Å². The molecular formula is C26H23ClN6O2S. The number of fused-ring (bicyclic) bond motifs is 3. The molecule has 0 unspecified atom stereocenters. The zero-order chi connectivity index (χ0) is 25.3. The molecule has 10 heteroatoms. The molecule has 2 aromatic heterocycles. The molecule has 4 aromatic rings. The summed E-state index contributed by atoms with van der Waals surface area (Å²) >= 11 is 7.25. The van der Waals surface area contributed by atoms with Gasteiger partial charge in [0.05, 0.1) is 23.5 Å². The molecule has 8 nitrogen and oxygen atoms in total. The number of ether oxygens (including phenoxy) is 1. The van der Waals surface area contributed by atoms with Gasteiger partial charge in [0.2, 0.25) is 5.91 Å². The SMILES string of the molecule is CC1(C)Cc2c(C#N)c(Nc3ccccc3)n3c(SCC(=O)Nc4cccc(Cl)c4)nnc3c2CO1. The van der Waals surface area contributed by atoms with Gasteiger partial charge in [-0.25, -0.2) is 0 Å². The Kier molecular flexibility index (Phi) is 6.58. The maximum atomic E-state index is 12.6. The van der Waals surface area contributed by atoms with Crippen LogP contribution in [-0.4, -0.2) is 31.9 Å². The number of benzene rings is 2. The van der Waals surface area contributed by atoms with Crippen molar-refractivity contribution in [3.05, 3.63) is 76.3 Å². The molecule has 3 heterocycles. The van der Waals surface area contributed by atoms with Gasteiger partial charge in [0.15, 0.2) is 10.8 Å². The predicted molar refractivity (Wildman–Crippen MR) is 141 cm³/mol. The Bertz CT molecular complexity index is 1500. The molecule has 0 saturated carbocycles. The van der Waals surface area contributed by atoms with E-state index in [1.54, 1.807) is 24.3 Å². The van der Waals surface area contributed by atoms with Crippen LogP contribution in [0.4, 0.5) is 17.2 Å². The minimum absolute atomic E-state index is 0.0978. The lowest BCUT2D eigenvalue weighted by Crippen LogP contribution is -2.33. The van der Waals surface area contributed by atoms with Crippen LogP contribution in [-0.2, 0) is 22.6 Å². The van der Waals surface area contributed by atoms with Gasteiger partial charge in [0.25, 0.3) is 0 Å². The topological polar surface area (TPSA) is 104 Å². The maximum Gasteiger partial charge on any atom is 0.234 e. The third kappa shape index (κ3) is 4.88. The molecule has 0 atom stereocenters. The van der Waals surface area contributed by atoms with Crippen LogP contribution in [0.25, 0.3) is 5.65 Å². The van der Waals surface area contributed by atoms with Crippen LogP contribution in [0.2, 0.25) is 5.02 Å². The maximum absolute atomic E-state index is 12.6. The van der Waals surface area contributed by atoms with E-state index < -0.39 is 5.60 Å². The molecule has 1 aliphatic rings. The first kappa shape index (κ1) is 24.1. The number of aromatic nitrogens is 3. The van der Waals surface area contributed by atoms with Gasteiger partial charge in [-0.2, -0.15) is 5.26 Å². The van der Waals surface area contributed by atoms with Crippen molar-refractivity contribution in [3.63, 3.8) is 0 Å². The van der Waals surface area contributed by atoms with Crippen molar-refractivity contribution in [3.8, 4) is 6.07 Å². The summed E-state index contributed by atoms with van der Waals surface area (Å²) < 4.78 is 7.86. The number of nitriles is 1. The van der Waals surface area contributed by atoms with Crippen LogP contribution in [0.5, 0.6) is 0 Å². The van der Waals surface area contributed by atoms with Crippen LogP contribution in [0, 0.1) is 11.3 Å². The number of amides is 1. The highest BCUT2D eigenvalue weighted by Gasteiger charge is 2.33. The number of anilines is 3. The Labute approximate surface area is 217 Å². The smallest absolute Gasteiger partial charge is 0.234 e. The zero-order valence-corrected chi connectivity index (χ0v) is 21.3. The first-order chi connectivity index (χ1) is 17.3. The molecule has 5 rings (SSSR count). The van der Waals surface area contributed by atoms with Gasteiger partial charge in [0, 0.05) is 28.4 Å². The summed E-state index contributed by atoms with van der Waals surface area (Å²) in [5, 5.41) is 26.3. The molecule has 0 saturated heterocycles. The summed E-state index contributed by atoms with van der Waals surface area (Å²) in [6.07, 6.45) is 0.572. The third-order valence-electron chi connectivity index (χ3n) is 5.83. The summed E-state index contributed by atoms with van der Waals surface area (Å²) in [5.74, 6) is 0.457. The number of thioether (sulfide) groups is 1. The standard InChI is InChI=1S/C26H23ClN6O2S/c1-26(2)12-19-20(13-28)23(30-17-8-4-3-5-9-17)33-24(21(19)14-35-26)31-32-25(33)36-15-22(34)29-18-10-6-7-16(27)11-18/h3-11,30H,12,14-15H2,1-2H3,(H,29,34). The van der Waals surface area contributed by atoms with Gasteiger partial charge in [-0.15, -0.1) is 10.2 Å². The average molecular weight is 519 g/mol. The van der Waals surface area contributed by atoms with Crippen molar-refractivity contribution in [1.29, 1.82) is 5.26 Å². The quantitative estimate of drug-likeness (QED) is 0.321. The second kappa shape index (κ2) is 9.82. The van der Waals surface area contributed by atoms with Crippen molar-refractivity contribution in [2.75, 3.05) is 16.4 Å². The van der Waals surface area contributed by atoms with Crippen molar-refractivity contribution in [1.82, 2.24) is 14.6 Å². The predicted octanol–water partition coefficient (Wildman–Crippen LogP) is 5.58. The van der Waals surface area contributed by atoms with Crippen molar-refractivity contribution < 1.29 is 9.53 Å². The Hall–Kier alpha value is -3.58. The fourth-order valence-corrected chi connectivity index (χ4v) is 5.11. The van der Waals surface area contributed by atoms with Gasteiger partial charge in [-0.1, -0.05) is 47.6 Å².